The number of halogens is 9. The summed E-state index contributed by atoms with van der Waals surface area (Å²) in [5.74, 6) is -2.79. The van der Waals surface area contributed by atoms with Crippen LogP contribution in [-0.4, -0.2) is 55.1 Å². The van der Waals surface area contributed by atoms with Gasteiger partial charge < -0.3 is 14.7 Å². The van der Waals surface area contributed by atoms with Gasteiger partial charge in [-0.1, -0.05) is 127 Å². The highest BCUT2D eigenvalue weighted by atomic mass is 19.4. The molecule has 3 atom stereocenters. The molecule has 3 aliphatic carbocycles. The molecule has 9 aromatic carbocycles. The summed E-state index contributed by atoms with van der Waals surface area (Å²) in [6, 6.07) is 57.3. The van der Waals surface area contributed by atoms with Gasteiger partial charge in [-0.05, 0) is 184 Å². The van der Waals surface area contributed by atoms with E-state index >= 15 is 0 Å². The standard InChI is InChI=1S/3C26H21F3N2O2/c3*1-2-30-21-13-12-18(26(27,28)29)16-22(21)31(19-9-4-3-5-10-19)24(33)25(23(30)32)15-14-17-8-6-7-11-20(17)25/h3*3-13,16H,2,14-15H2,1H3/t2*25-;/m10./s1. The molecule has 6 aliphatic rings. The number of carbonyl (C=O) groups is 6. The van der Waals surface area contributed by atoms with E-state index in [4.69, 9.17) is 0 Å². The molecule has 3 aliphatic heterocycles. The minimum atomic E-state index is -4.59. The lowest BCUT2D eigenvalue weighted by molar-refractivity contribution is -0.138. The van der Waals surface area contributed by atoms with Gasteiger partial charge in [-0.25, -0.2) is 0 Å². The normalized spacial score (nSPS) is 20.1. The van der Waals surface area contributed by atoms with Crippen LogP contribution in [0.5, 0.6) is 0 Å². The molecule has 3 heterocycles. The maximum Gasteiger partial charge on any atom is 0.416 e. The van der Waals surface area contributed by atoms with Crippen molar-refractivity contribution in [3.05, 3.63) is 268 Å². The van der Waals surface area contributed by atoms with Crippen molar-refractivity contribution in [3.8, 4) is 0 Å². The largest absolute Gasteiger partial charge is 0.416 e. The maximum atomic E-state index is 14.3. The minimum Gasteiger partial charge on any atom is -0.309 e. The molecular weight excluding hydrogens is 1290 g/mol. The number of likely N-dealkylation sites (N-methyl/N-ethyl adjacent to an activating group) is 3. The molecule has 12 nitrogen and oxygen atoms in total. The molecule has 0 saturated carbocycles. The highest BCUT2D eigenvalue weighted by molar-refractivity contribution is 6.29. The molecule has 0 bridgehead atoms. The van der Waals surface area contributed by atoms with E-state index in [0.29, 0.717) is 53.0 Å². The Hall–Kier alpha value is -10.8. The van der Waals surface area contributed by atoms with E-state index in [1.165, 1.54) is 47.6 Å². The first-order valence-electron chi connectivity index (χ1n) is 32.4. The quantitative estimate of drug-likeness (QED) is 0.121. The summed E-state index contributed by atoms with van der Waals surface area (Å²) < 4.78 is 123. The SMILES string of the molecule is CCN1C(=O)C2(CCc3ccccc32)C(=O)N(c2ccccc2)c2cc(C(F)(F)F)ccc21.CCN1C(=O)[C@@]2(CCc3ccccc32)C(=O)N(c2ccccc2)c2cc(C(F)(F)F)ccc21.CCN1C(=O)[C@]2(CCc3ccccc32)C(=O)N(c2ccccc2)c2cc(C(F)(F)F)ccc21. The van der Waals surface area contributed by atoms with Gasteiger partial charge in [0.1, 0.15) is 0 Å². The van der Waals surface area contributed by atoms with E-state index < -0.39 is 86.9 Å². The number of hydrogen-bond acceptors (Lipinski definition) is 6. The number of benzene rings is 9. The van der Waals surface area contributed by atoms with E-state index in [-0.39, 0.29) is 73.0 Å². The minimum absolute atomic E-state index is 0.0532. The Kier molecular flexibility index (Phi) is 17.0. The van der Waals surface area contributed by atoms with Crippen LogP contribution < -0.4 is 29.4 Å². The summed E-state index contributed by atoms with van der Waals surface area (Å²) in [7, 11) is 0. The topological polar surface area (TPSA) is 122 Å². The molecule has 99 heavy (non-hydrogen) atoms. The van der Waals surface area contributed by atoms with E-state index in [2.05, 4.69) is 0 Å². The molecule has 6 amide bonds. The predicted octanol–water partition coefficient (Wildman–Crippen LogP) is 16.9. The lowest BCUT2D eigenvalue weighted by Gasteiger charge is -2.32. The maximum absolute atomic E-state index is 14.3. The number of aryl methyl sites for hydroxylation is 3. The number of para-hydroxylation sites is 3. The smallest absolute Gasteiger partial charge is 0.309 e. The van der Waals surface area contributed by atoms with Crippen molar-refractivity contribution in [2.75, 3.05) is 49.0 Å². The third kappa shape index (κ3) is 10.9. The van der Waals surface area contributed by atoms with Crippen molar-refractivity contribution in [1.82, 2.24) is 0 Å². The number of carbonyl (C=O) groups excluding carboxylic acids is 6. The van der Waals surface area contributed by atoms with Crippen molar-refractivity contribution in [2.45, 2.75) is 94.1 Å². The zero-order valence-corrected chi connectivity index (χ0v) is 53.7. The van der Waals surface area contributed by atoms with Crippen LogP contribution in [0.2, 0.25) is 0 Å². The van der Waals surface area contributed by atoms with Crippen LogP contribution in [0.4, 0.5) is 90.7 Å². The van der Waals surface area contributed by atoms with Crippen molar-refractivity contribution >= 4 is 86.6 Å². The summed E-state index contributed by atoms with van der Waals surface area (Å²) in [4.78, 5) is 93.3. The van der Waals surface area contributed by atoms with Gasteiger partial charge in [0.05, 0.1) is 50.8 Å². The van der Waals surface area contributed by atoms with Crippen molar-refractivity contribution in [3.63, 3.8) is 0 Å². The van der Waals surface area contributed by atoms with Gasteiger partial charge in [0.15, 0.2) is 16.2 Å². The van der Waals surface area contributed by atoms with Crippen LogP contribution in [-0.2, 0) is 82.8 Å². The van der Waals surface area contributed by atoms with E-state index in [0.717, 1.165) is 53.1 Å². The highest BCUT2D eigenvalue weighted by Crippen LogP contribution is 2.55. The van der Waals surface area contributed by atoms with Gasteiger partial charge in [-0.3, -0.25) is 43.5 Å². The van der Waals surface area contributed by atoms with Crippen molar-refractivity contribution in [2.24, 2.45) is 0 Å². The van der Waals surface area contributed by atoms with Crippen LogP contribution in [0.3, 0.4) is 0 Å². The molecule has 3 spiro atoms. The number of rotatable bonds is 6. The Bertz CT molecular complexity index is 4230. The highest BCUT2D eigenvalue weighted by Gasteiger charge is 2.61. The lowest BCUT2D eigenvalue weighted by Crippen LogP contribution is -2.53. The lowest BCUT2D eigenvalue weighted by atomic mass is 9.79. The summed E-state index contributed by atoms with van der Waals surface area (Å²) in [5, 5.41) is 0. The third-order valence-corrected chi connectivity index (χ3v) is 19.8. The molecule has 21 heteroatoms. The number of fused-ring (bicyclic) bond motifs is 9. The Morgan fingerprint density at radius 2 is 0.525 bits per heavy atom. The first-order chi connectivity index (χ1) is 47.4. The van der Waals surface area contributed by atoms with E-state index in [1.807, 2.05) is 36.4 Å². The number of hydrogen-bond donors (Lipinski definition) is 0. The zero-order valence-electron chi connectivity index (χ0n) is 53.7. The molecule has 504 valence electrons. The number of alkyl halides is 9. The second-order valence-corrected chi connectivity index (χ2v) is 24.9. The molecule has 0 radical (unpaired) electrons. The van der Waals surface area contributed by atoms with Gasteiger partial charge in [0.25, 0.3) is 17.7 Å². The first-order valence-corrected chi connectivity index (χ1v) is 32.4. The van der Waals surface area contributed by atoms with Crippen LogP contribution in [0.15, 0.2) is 218 Å². The number of amides is 6. The van der Waals surface area contributed by atoms with Gasteiger partial charge in [-0.15, -0.1) is 0 Å². The summed E-state index contributed by atoms with van der Waals surface area (Å²) >= 11 is 0. The molecule has 0 fully saturated rings. The Balaban J connectivity index is 0.000000133. The van der Waals surface area contributed by atoms with Crippen LogP contribution >= 0.6 is 0 Å². The molecule has 0 saturated heterocycles. The van der Waals surface area contributed by atoms with Crippen LogP contribution in [0, 0.1) is 0 Å². The Morgan fingerprint density at radius 3 is 0.758 bits per heavy atom. The fraction of sp³-hybridized carbons (Fsp3) is 0.231. The summed E-state index contributed by atoms with van der Waals surface area (Å²) in [6.45, 7) is 5.94. The average Bonchev–Trinajstić information content (AvgIpc) is 1.58. The fourth-order valence-electron chi connectivity index (χ4n) is 15.1. The summed E-state index contributed by atoms with van der Waals surface area (Å²) in [5.41, 5.74) is -0.254. The van der Waals surface area contributed by atoms with Gasteiger partial charge in [0, 0.05) is 36.7 Å². The molecule has 9 aromatic rings. The number of anilines is 9. The molecule has 0 aromatic heterocycles. The predicted molar refractivity (Wildman–Crippen MR) is 359 cm³/mol. The van der Waals surface area contributed by atoms with Crippen molar-refractivity contribution < 1.29 is 68.3 Å². The van der Waals surface area contributed by atoms with E-state index in [1.54, 1.807) is 148 Å². The average molecular weight is 1350 g/mol. The number of nitrogens with zero attached hydrogens (tertiary/aromatic N) is 6. The Labute approximate surface area is 564 Å². The molecule has 1 unspecified atom stereocenters. The van der Waals surface area contributed by atoms with Gasteiger partial charge in [-0.2, -0.15) is 39.5 Å². The molecule has 15 rings (SSSR count). The van der Waals surface area contributed by atoms with Crippen LogP contribution in [0.25, 0.3) is 0 Å². The first kappa shape index (κ1) is 66.8. The Morgan fingerprint density at radius 1 is 0.293 bits per heavy atom. The summed E-state index contributed by atoms with van der Waals surface area (Å²) in [6.07, 6.45) is -11.4. The molecular formula is C78H63F9N6O6. The second-order valence-electron chi connectivity index (χ2n) is 24.9. The monoisotopic (exact) mass is 1350 g/mol. The molecule has 0 N–H and O–H groups in total. The van der Waals surface area contributed by atoms with Crippen molar-refractivity contribution in [1.29, 1.82) is 0 Å². The van der Waals surface area contributed by atoms with Gasteiger partial charge in [0.2, 0.25) is 17.7 Å². The van der Waals surface area contributed by atoms with Crippen LogP contribution in [0.1, 0.15) is 90.1 Å². The van der Waals surface area contributed by atoms with E-state index in [9.17, 15) is 68.3 Å². The fourth-order valence-corrected chi connectivity index (χ4v) is 15.1. The van der Waals surface area contributed by atoms with Gasteiger partial charge >= 0.3 is 18.5 Å². The zero-order chi connectivity index (χ0) is 70.1. The third-order valence-electron chi connectivity index (χ3n) is 19.8. The second kappa shape index (κ2) is 25.2.